The Bertz CT molecular complexity index is 1530. The van der Waals surface area contributed by atoms with Crippen molar-refractivity contribution in [2.24, 2.45) is 0 Å². The smallest absolute Gasteiger partial charge is 0.277 e. The van der Waals surface area contributed by atoms with Crippen molar-refractivity contribution in [2.75, 3.05) is 9.80 Å². The van der Waals surface area contributed by atoms with Gasteiger partial charge >= 0.3 is 0 Å². The number of thiophene rings is 2. The zero-order valence-electron chi connectivity index (χ0n) is 21.9. The van der Waals surface area contributed by atoms with Gasteiger partial charge in [0.25, 0.3) is 6.71 Å². The molecule has 7 rings (SSSR count). The third kappa shape index (κ3) is 3.44. The van der Waals surface area contributed by atoms with Gasteiger partial charge in [-0.05, 0) is 78.8 Å². The Morgan fingerprint density at radius 1 is 0.595 bits per heavy atom. The Morgan fingerprint density at radius 3 is 1.43 bits per heavy atom. The van der Waals surface area contributed by atoms with Crippen LogP contribution in [-0.2, 0) is 5.41 Å². The lowest BCUT2D eigenvalue weighted by atomic mass is 9.39. The Balaban J connectivity index is 1.62. The summed E-state index contributed by atoms with van der Waals surface area (Å²) in [6.45, 7) is 11.7. The molecule has 2 aliphatic rings. The van der Waals surface area contributed by atoms with E-state index >= 15 is 0 Å². The number of benzene rings is 3. The second-order valence-electron chi connectivity index (χ2n) is 11.2. The highest BCUT2D eigenvalue weighted by Crippen LogP contribution is 2.47. The predicted molar refractivity (Wildman–Crippen MR) is 164 cm³/mol. The van der Waals surface area contributed by atoms with E-state index in [2.05, 4.69) is 129 Å². The van der Waals surface area contributed by atoms with Crippen molar-refractivity contribution in [3.63, 3.8) is 0 Å². The van der Waals surface area contributed by atoms with E-state index < -0.39 is 0 Å². The zero-order chi connectivity index (χ0) is 25.5. The molecule has 0 atom stereocenters. The first kappa shape index (κ1) is 22.9. The molecule has 0 aliphatic carbocycles. The first-order valence-corrected chi connectivity index (χ1v) is 14.5. The summed E-state index contributed by atoms with van der Waals surface area (Å²) in [5.74, 6) is 0. The molecule has 0 unspecified atom stereocenters. The molecule has 5 heteroatoms. The quantitative estimate of drug-likeness (QED) is 0.216. The molecule has 0 saturated heterocycles. The summed E-state index contributed by atoms with van der Waals surface area (Å²) < 4.78 is 2.91. The van der Waals surface area contributed by atoms with Gasteiger partial charge in [0, 0.05) is 42.1 Å². The van der Waals surface area contributed by atoms with E-state index in [0.717, 1.165) is 0 Å². The highest BCUT2D eigenvalue weighted by molar-refractivity contribution is 7.36. The van der Waals surface area contributed by atoms with E-state index in [1.54, 1.807) is 0 Å². The number of rotatable bonds is 2. The highest BCUT2D eigenvalue weighted by atomic mass is 32.1. The van der Waals surface area contributed by atoms with Crippen LogP contribution in [0.3, 0.4) is 0 Å². The van der Waals surface area contributed by atoms with Gasteiger partial charge in [-0.2, -0.15) is 22.7 Å². The van der Waals surface area contributed by atoms with Gasteiger partial charge < -0.3 is 9.80 Å². The van der Waals surface area contributed by atoms with Gasteiger partial charge in [-0.3, -0.25) is 0 Å². The first-order chi connectivity index (χ1) is 17.8. The van der Waals surface area contributed by atoms with Gasteiger partial charge in [0.05, 0.1) is 11.4 Å². The largest absolute Gasteiger partial charge is 0.311 e. The standard InChI is InChI=1S/C32H29BN2S2/c1-20-16-27-30(36-20)33-29-25(34(27)23-12-8-6-9-13-23)18-22(32(3,4)5)19-26(29)35(24-14-10-7-11-15-24)28-17-21(2)37-31(28)33/h6-19H,1-5H3. The molecule has 3 aromatic carbocycles. The van der Waals surface area contributed by atoms with E-state index in [-0.39, 0.29) is 12.1 Å². The average Bonchev–Trinajstić information content (AvgIpc) is 3.45. The van der Waals surface area contributed by atoms with Crippen LogP contribution in [-0.4, -0.2) is 6.71 Å². The molecule has 2 nitrogen and oxygen atoms in total. The SMILES string of the molecule is Cc1cc2c(s1)B1c3sc(C)cc3N(c3ccccc3)c3cc(C(C)(C)C)cc(c31)N2c1ccccc1. The minimum Gasteiger partial charge on any atom is -0.311 e. The second-order valence-corrected chi connectivity index (χ2v) is 13.7. The number of hydrogen-bond acceptors (Lipinski definition) is 4. The average molecular weight is 517 g/mol. The minimum absolute atomic E-state index is 0.0153. The fraction of sp³-hybridized carbons (Fsp3) is 0.188. The van der Waals surface area contributed by atoms with Crippen LogP contribution < -0.4 is 24.8 Å². The van der Waals surface area contributed by atoms with Crippen molar-refractivity contribution in [2.45, 2.75) is 40.0 Å². The Kier molecular flexibility index (Phi) is 5.02. The van der Waals surface area contributed by atoms with Crippen LogP contribution in [0.5, 0.6) is 0 Å². The number of nitrogens with zero attached hydrogens (tertiary/aromatic N) is 2. The second kappa shape index (κ2) is 8.11. The lowest BCUT2D eigenvalue weighted by Gasteiger charge is -2.42. The monoisotopic (exact) mass is 516 g/mol. The third-order valence-electron chi connectivity index (χ3n) is 7.53. The molecule has 2 aliphatic heterocycles. The van der Waals surface area contributed by atoms with Gasteiger partial charge in [-0.25, -0.2) is 0 Å². The Labute approximate surface area is 227 Å². The molecule has 2 aromatic heterocycles. The van der Waals surface area contributed by atoms with E-state index in [1.165, 1.54) is 64.5 Å². The fourth-order valence-electron chi connectivity index (χ4n) is 5.87. The van der Waals surface area contributed by atoms with Crippen molar-refractivity contribution >= 4 is 78.5 Å². The number of aryl methyl sites for hydroxylation is 2. The predicted octanol–water partition coefficient (Wildman–Crippen LogP) is 7.81. The summed E-state index contributed by atoms with van der Waals surface area (Å²) in [5, 5.41) is 0. The molecule has 5 aromatic rings. The number of para-hydroxylation sites is 2. The molecule has 37 heavy (non-hydrogen) atoms. The van der Waals surface area contributed by atoms with Crippen molar-refractivity contribution < 1.29 is 0 Å². The maximum atomic E-state index is 2.51. The van der Waals surface area contributed by atoms with Crippen LogP contribution in [0, 0.1) is 13.8 Å². The molecule has 4 heterocycles. The van der Waals surface area contributed by atoms with Gasteiger partial charge in [0.15, 0.2) is 0 Å². The van der Waals surface area contributed by atoms with Crippen LogP contribution >= 0.6 is 22.7 Å². The van der Waals surface area contributed by atoms with Crippen LogP contribution in [0.1, 0.15) is 36.1 Å². The van der Waals surface area contributed by atoms with Crippen LogP contribution in [0.25, 0.3) is 0 Å². The summed E-state index contributed by atoms with van der Waals surface area (Å²) >= 11 is 3.91. The molecule has 0 fully saturated rings. The normalized spacial score (nSPS) is 13.9. The van der Waals surface area contributed by atoms with Crippen LogP contribution in [0.15, 0.2) is 84.9 Å². The number of hydrogen-bond donors (Lipinski definition) is 0. The zero-order valence-corrected chi connectivity index (χ0v) is 23.5. The van der Waals surface area contributed by atoms with Crippen molar-refractivity contribution in [3.05, 3.63) is 100 Å². The number of fused-ring (bicyclic) bond motifs is 4. The molecule has 0 radical (unpaired) electrons. The molecule has 0 amide bonds. The molecular formula is C32H29BN2S2. The molecule has 0 saturated carbocycles. The van der Waals surface area contributed by atoms with Gasteiger partial charge in [-0.1, -0.05) is 57.2 Å². The number of anilines is 6. The van der Waals surface area contributed by atoms with Gasteiger partial charge in [0.1, 0.15) is 0 Å². The minimum atomic E-state index is 0.0153. The highest BCUT2D eigenvalue weighted by Gasteiger charge is 2.46. The summed E-state index contributed by atoms with van der Waals surface area (Å²) in [4.78, 5) is 7.74. The van der Waals surface area contributed by atoms with Crippen LogP contribution in [0.4, 0.5) is 34.1 Å². The Morgan fingerprint density at radius 2 is 1.03 bits per heavy atom. The first-order valence-electron chi connectivity index (χ1n) is 12.9. The van der Waals surface area contributed by atoms with Gasteiger partial charge in [-0.15, -0.1) is 0 Å². The van der Waals surface area contributed by atoms with E-state index in [0.29, 0.717) is 0 Å². The molecule has 182 valence electrons. The lowest BCUT2D eigenvalue weighted by Crippen LogP contribution is -2.59. The molecule has 0 spiro atoms. The third-order valence-corrected chi connectivity index (χ3v) is 9.74. The fourth-order valence-corrected chi connectivity index (χ4v) is 8.20. The van der Waals surface area contributed by atoms with Crippen molar-refractivity contribution in [1.29, 1.82) is 0 Å². The topological polar surface area (TPSA) is 6.48 Å². The van der Waals surface area contributed by atoms with E-state index in [9.17, 15) is 0 Å². The maximum Gasteiger partial charge on any atom is 0.277 e. The summed E-state index contributed by atoms with van der Waals surface area (Å²) in [6.07, 6.45) is 0. The molecular weight excluding hydrogens is 487 g/mol. The molecule has 0 N–H and O–H groups in total. The van der Waals surface area contributed by atoms with Gasteiger partial charge in [0.2, 0.25) is 0 Å². The Hall–Kier alpha value is -3.28. The maximum absolute atomic E-state index is 2.51. The lowest BCUT2D eigenvalue weighted by molar-refractivity contribution is 0.590. The summed E-state index contributed by atoms with van der Waals surface area (Å²) in [7, 11) is 0. The van der Waals surface area contributed by atoms with E-state index in [4.69, 9.17) is 0 Å². The summed E-state index contributed by atoms with van der Waals surface area (Å²) in [5.41, 5.74) is 10.5. The molecule has 0 bridgehead atoms. The summed E-state index contributed by atoms with van der Waals surface area (Å²) in [6, 6.07) is 31.5. The van der Waals surface area contributed by atoms with Crippen LogP contribution in [0.2, 0.25) is 0 Å². The van der Waals surface area contributed by atoms with Crippen molar-refractivity contribution in [1.82, 2.24) is 0 Å². The van der Waals surface area contributed by atoms with Crippen molar-refractivity contribution in [3.8, 4) is 0 Å². The van der Waals surface area contributed by atoms with E-state index in [1.807, 2.05) is 22.7 Å².